The predicted molar refractivity (Wildman–Crippen MR) is 91.4 cm³/mol. The molecule has 0 bridgehead atoms. The van der Waals surface area contributed by atoms with Crippen molar-refractivity contribution < 1.29 is 14.7 Å². The van der Waals surface area contributed by atoms with E-state index in [2.05, 4.69) is 15.5 Å². The summed E-state index contributed by atoms with van der Waals surface area (Å²) in [5.41, 5.74) is 1.37. The number of aliphatic carboxylic acids is 1. The highest BCUT2D eigenvalue weighted by Crippen LogP contribution is 2.23. The number of carbonyl (C=O) groups excluding carboxylic acids is 1. The van der Waals surface area contributed by atoms with Gasteiger partial charge in [0.25, 0.3) is 5.91 Å². The molecule has 2 atom stereocenters. The van der Waals surface area contributed by atoms with Gasteiger partial charge in [0.1, 0.15) is 12.7 Å². The van der Waals surface area contributed by atoms with Crippen LogP contribution in [0.2, 0.25) is 0 Å². The quantitative estimate of drug-likeness (QED) is 0.889. The van der Waals surface area contributed by atoms with Crippen LogP contribution in [0.3, 0.4) is 0 Å². The smallest absolute Gasteiger partial charge is 0.308 e. The molecule has 1 saturated carbocycles. The van der Waals surface area contributed by atoms with Gasteiger partial charge in [0.15, 0.2) is 0 Å². The Hall–Kier alpha value is -2.70. The van der Waals surface area contributed by atoms with Crippen molar-refractivity contribution in [3.05, 3.63) is 42.5 Å². The SMILES string of the molecule is O=C(NC1CCCCCCC1C(=O)O)c1ccc(-n2cnnc2)cc1. The molecule has 0 radical (unpaired) electrons. The van der Waals surface area contributed by atoms with Crippen LogP contribution in [0.5, 0.6) is 0 Å². The molecule has 0 aliphatic heterocycles. The first-order valence-corrected chi connectivity index (χ1v) is 8.64. The van der Waals surface area contributed by atoms with Gasteiger partial charge in [-0.25, -0.2) is 0 Å². The first-order valence-electron chi connectivity index (χ1n) is 8.64. The van der Waals surface area contributed by atoms with Gasteiger partial charge < -0.3 is 10.4 Å². The second kappa shape index (κ2) is 7.92. The van der Waals surface area contributed by atoms with Crippen molar-refractivity contribution >= 4 is 11.9 Å². The van der Waals surface area contributed by atoms with E-state index in [0.717, 1.165) is 31.4 Å². The minimum atomic E-state index is -0.824. The van der Waals surface area contributed by atoms with Crippen LogP contribution in [0.25, 0.3) is 5.69 Å². The van der Waals surface area contributed by atoms with Crippen molar-refractivity contribution in [1.82, 2.24) is 20.1 Å². The Bertz CT molecular complexity index is 712. The van der Waals surface area contributed by atoms with Crippen LogP contribution in [0.1, 0.15) is 48.9 Å². The van der Waals surface area contributed by atoms with Crippen LogP contribution in [0, 0.1) is 5.92 Å². The first-order chi connectivity index (χ1) is 12.1. The summed E-state index contributed by atoms with van der Waals surface area (Å²) in [6, 6.07) is 6.76. The van der Waals surface area contributed by atoms with E-state index in [1.165, 1.54) is 0 Å². The fraction of sp³-hybridized carbons (Fsp3) is 0.444. The second-order valence-corrected chi connectivity index (χ2v) is 6.43. The molecule has 1 heterocycles. The molecule has 7 heteroatoms. The number of carbonyl (C=O) groups is 2. The zero-order valence-electron chi connectivity index (χ0n) is 14.0. The summed E-state index contributed by atoms with van der Waals surface area (Å²) in [6.07, 6.45) is 8.50. The Balaban J connectivity index is 1.70. The van der Waals surface area contributed by atoms with Crippen molar-refractivity contribution in [2.24, 2.45) is 5.92 Å². The summed E-state index contributed by atoms with van der Waals surface area (Å²) in [4.78, 5) is 24.1. The fourth-order valence-corrected chi connectivity index (χ4v) is 3.32. The number of rotatable bonds is 4. The maximum atomic E-state index is 12.5. The molecule has 25 heavy (non-hydrogen) atoms. The van der Waals surface area contributed by atoms with Gasteiger partial charge in [0.2, 0.25) is 0 Å². The van der Waals surface area contributed by atoms with E-state index in [-0.39, 0.29) is 11.9 Å². The van der Waals surface area contributed by atoms with Gasteiger partial charge in [-0.1, -0.05) is 25.7 Å². The second-order valence-electron chi connectivity index (χ2n) is 6.43. The molecule has 3 rings (SSSR count). The molecule has 1 aromatic carbocycles. The van der Waals surface area contributed by atoms with E-state index in [1.54, 1.807) is 29.4 Å². The molecule has 0 spiro atoms. The van der Waals surface area contributed by atoms with Gasteiger partial charge in [0, 0.05) is 17.3 Å². The van der Waals surface area contributed by atoms with Gasteiger partial charge in [-0.2, -0.15) is 0 Å². The summed E-state index contributed by atoms with van der Waals surface area (Å²) in [7, 11) is 0. The molecule has 2 aromatic rings. The predicted octanol–water partition coefficient (Wildman–Crippen LogP) is 2.42. The minimum Gasteiger partial charge on any atom is -0.481 e. The maximum absolute atomic E-state index is 12.5. The molecular formula is C18H22N4O3. The zero-order chi connectivity index (χ0) is 17.6. The van der Waals surface area contributed by atoms with Crippen LogP contribution in [-0.4, -0.2) is 37.8 Å². The summed E-state index contributed by atoms with van der Waals surface area (Å²) in [5.74, 6) is -1.57. The third-order valence-corrected chi connectivity index (χ3v) is 4.75. The van der Waals surface area contributed by atoms with Crippen LogP contribution in [0.4, 0.5) is 0 Å². The summed E-state index contributed by atoms with van der Waals surface area (Å²) >= 11 is 0. The maximum Gasteiger partial charge on any atom is 0.308 e. The molecule has 2 unspecified atom stereocenters. The highest BCUT2D eigenvalue weighted by molar-refractivity contribution is 5.94. The highest BCUT2D eigenvalue weighted by atomic mass is 16.4. The lowest BCUT2D eigenvalue weighted by Crippen LogP contribution is -2.43. The number of aromatic nitrogens is 3. The average molecular weight is 342 g/mol. The molecule has 2 N–H and O–H groups in total. The highest BCUT2D eigenvalue weighted by Gasteiger charge is 2.30. The van der Waals surface area contributed by atoms with Crippen molar-refractivity contribution in [2.45, 2.75) is 44.6 Å². The van der Waals surface area contributed by atoms with Gasteiger partial charge in [-0.05, 0) is 37.1 Å². The van der Waals surface area contributed by atoms with E-state index >= 15 is 0 Å². The number of hydrogen-bond donors (Lipinski definition) is 2. The van der Waals surface area contributed by atoms with Crippen LogP contribution < -0.4 is 5.32 Å². The minimum absolute atomic E-state index is 0.230. The molecule has 0 saturated heterocycles. The lowest BCUT2D eigenvalue weighted by molar-refractivity contribution is -0.143. The number of benzene rings is 1. The number of nitrogens with one attached hydrogen (secondary N) is 1. The topological polar surface area (TPSA) is 97.1 Å². The summed E-state index contributed by atoms with van der Waals surface area (Å²) < 4.78 is 1.75. The molecule has 1 aliphatic rings. The number of hydrogen-bond acceptors (Lipinski definition) is 4. The lowest BCUT2D eigenvalue weighted by atomic mass is 9.86. The Labute approximate surface area is 146 Å². The monoisotopic (exact) mass is 342 g/mol. The number of amides is 1. The largest absolute Gasteiger partial charge is 0.481 e. The van der Waals surface area contributed by atoms with Gasteiger partial charge in [0.05, 0.1) is 5.92 Å². The van der Waals surface area contributed by atoms with E-state index in [0.29, 0.717) is 18.4 Å². The van der Waals surface area contributed by atoms with E-state index < -0.39 is 11.9 Å². The van der Waals surface area contributed by atoms with Crippen molar-refractivity contribution in [1.29, 1.82) is 0 Å². The van der Waals surface area contributed by atoms with Crippen molar-refractivity contribution in [3.8, 4) is 5.69 Å². The van der Waals surface area contributed by atoms with Crippen molar-refractivity contribution in [2.75, 3.05) is 0 Å². The third-order valence-electron chi connectivity index (χ3n) is 4.75. The molecule has 1 aliphatic carbocycles. The summed E-state index contributed by atoms with van der Waals surface area (Å²) in [6.45, 7) is 0. The average Bonchev–Trinajstić information content (AvgIpc) is 3.11. The number of nitrogens with zero attached hydrogens (tertiary/aromatic N) is 3. The van der Waals surface area contributed by atoms with Crippen molar-refractivity contribution in [3.63, 3.8) is 0 Å². The fourth-order valence-electron chi connectivity index (χ4n) is 3.32. The van der Waals surface area contributed by atoms with Gasteiger partial charge >= 0.3 is 5.97 Å². The number of carboxylic acid groups (broad SMARTS) is 1. The van der Waals surface area contributed by atoms with Crippen LogP contribution in [-0.2, 0) is 4.79 Å². The molecule has 1 amide bonds. The molecule has 1 aromatic heterocycles. The standard InChI is InChI=1S/C18H22N4O3/c23-17(13-7-9-14(10-8-13)22-11-19-20-12-22)21-16-6-4-2-1-3-5-15(16)18(24)25/h7-12,15-16H,1-6H2,(H,21,23)(H,24,25). The number of carboxylic acids is 1. The van der Waals surface area contributed by atoms with E-state index in [1.807, 2.05) is 12.1 Å². The molecule has 7 nitrogen and oxygen atoms in total. The zero-order valence-corrected chi connectivity index (χ0v) is 14.0. The molecule has 1 fully saturated rings. The first kappa shape index (κ1) is 17.1. The Morgan fingerprint density at radius 1 is 1.00 bits per heavy atom. The van der Waals surface area contributed by atoms with Gasteiger partial charge in [-0.15, -0.1) is 10.2 Å². The normalized spacial score (nSPS) is 21.1. The van der Waals surface area contributed by atoms with E-state index in [4.69, 9.17) is 0 Å². The third kappa shape index (κ3) is 4.23. The lowest BCUT2D eigenvalue weighted by Gasteiger charge is -2.27. The Kier molecular flexibility index (Phi) is 5.42. The van der Waals surface area contributed by atoms with E-state index in [9.17, 15) is 14.7 Å². The van der Waals surface area contributed by atoms with Gasteiger partial charge in [-0.3, -0.25) is 14.2 Å². The Morgan fingerprint density at radius 3 is 2.28 bits per heavy atom. The van der Waals surface area contributed by atoms with Crippen LogP contribution >= 0.6 is 0 Å². The molecular weight excluding hydrogens is 320 g/mol. The summed E-state index contributed by atoms with van der Waals surface area (Å²) in [5, 5.41) is 19.9. The molecule has 132 valence electrons. The van der Waals surface area contributed by atoms with Crippen LogP contribution in [0.15, 0.2) is 36.9 Å². The Morgan fingerprint density at radius 2 is 1.64 bits per heavy atom.